The van der Waals surface area contributed by atoms with Crippen molar-refractivity contribution in [2.24, 2.45) is 5.92 Å². The number of amides is 1. The van der Waals surface area contributed by atoms with E-state index in [4.69, 9.17) is 21.1 Å². The first-order valence-electron chi connectivity index (χ1n) is 7.28. The molecule has 3 rings (SSSR count). The van der Waals surface area contributed by atoms with E-state index in [0.717, 1.165) is 0 Å². The molecule has 1 saturated heterocycles. The number of likely N-dealkylation sites (tertiary alicyclic amines) is 1. The second-order valence-corrected chi connectivity index (χ2v) is 5.85. The van der Waals surface area contributed by atoms with Crippen LogP contribution >= 0.6 is 11.6 Å². The molecule has 0 bridgehead atoms. The lowest BCUT2D eigenvalue weighted by Gasteiger charge is -2.30. The number of halogens is 1. The van der Waals surface area contributed by atoms with Crippen molar-refractivity contribution >= 4 is 23.5 Å². The number of aromatic nitrogens is 1. The highest BCUT2D eigenvalue weighted by Gasteiger charge is 2.31. The molecule has 0 saturated carbocycles. The topological polar surface area (TPSA) is 83.6 Å². The minimum Gasteiger partial charge on any atom is -0.481 e. The molecule has 1 atom stereocenters. The van der Waals surface area contributed by atoms with Gasteiger partial charge in [-0.15, -0.1) is 0 Å². The first-order valence-corrected chi connectivity index (χ1v) is 7.66. The number of hydrogen-bond donors (Lipinski definition) is 1. The summed E-state index contributed by atoms with van der Waals surface area (Å²) in [5.74, 6) is -1.45. The highest BCUT2D eigenvalue weighted by Crippen LogP contribution is 2.31. The van der Waals surface area contributed by atoms with Gasteiger partial charge in [-0.05, 0) is 25.0 Å². The highest BCUT2D eigenvalue weighted by molar-refractivity contribution is 6.33. The van der Waals surface area contributed by atoms with E-state index in [0.29, 0.717) is 35.7 Å². The van der Waals surface area contributed by atoms with Gasteiger partial charge in [-0.3, -0.25) is 9.59 Å². The molecule has 1 amide bonds. The maximum atomic E-state index is 12.7. The van der Waals surface area contributed by atoms with Crippen LogP contribution in [0.3, 0.4) is 0 Å². The Morgan fingerprint density at radius 2 is 2.13 bits per heavy atom. The molecule has 0 unspecified atom stereocenters. The van der Waals surface area contributed by atoms with Gasteiger partial charge in [-0.1, -0.05) is 23.7 Å². The molecule has 1 aliphatic heterocycles. The summed E-state index contributed by atoms with van der Waals surface area (Å²) in [6.45, 7) is 0.695. The second kappa shape index (κ2) is 6.42. The maximum absolute atomic E-state index is 12.7. The average molecular weight is 335 g/mol. The van der Waals surface area contributed by atoms with Crippen molar-refractivity contribution in [1.82, 2.24) is 9.88 Å². The van der Waals surface area contributed by atoms with Gasteiger partial charge in [0, 0.05) is 18.7 Å². The molecule has 1 N–H and O–H groups in total. The predicted molar refractivity (Wildman–Crippen MR) is 83.2 cm³/mol. The molecule has 23 heavy (non-hydrogen) atoms. The average Bonchev–Trinajstić information content (AvgIpc) is 3.04. The summed E-state index contributed by atoms with van der Waals surface area (Å²) in [4.78, 5) is 29.4. The predicted octanol–water partition coefficient (Wildman–Crippen LogP) is 2.93. The molecular formula is C16H15ClN2O4. The number of oxazole rings is 1. The minimum atomic E-state index is -0.881. The van der Waals surface area contributed by atoms with Crippen molar-refractivity contribution in [3.05, 3.63) is 41.4 Å². The van der Waals surface area contributed by atoms with Gasteiger partial charge in [-0.2, -0.15) is 0 Å². The molecule has 0 spiro atoms. The molecular weight excluding hydrogens is 320 g/mol. The molecule has 6 nitrogen and oxygen atoms in total. The summed E-state index contributed by atoms with van der Waals surface area (Å²) in [7, 11) is 0. The van der Waals surface area contributed by atoms with Gasteiger partial charge >= 0.3 is 5.97 Å². The van der Waals surface area contributed by atoms with E-state index in [2.05, 4.69) is 4.98 Å². The van der Waals surface area contributed by atoms with Gasteiger partial charge in [0.25, 0.3) is 5.91 Å². The molecule has 1 aromatic heterocycles. The molecule has 2 heterocycles. The van der Waals surface area contributed by atoms with E-state index in [1.54, 1.807) is 24.3 Å². The molecule has 1 fully saturated rings. The lowest BCUT2D eigenvalue weighted by Crippen LogP contribution is -2.42. The van der Waals surface area contributed by atoms with Crippen molar-refractivity contribution in [3.8, 4) is 11.3 Å². The third kappa shape index (κ3) is 3.07. The molecule has 2 aromatic rings. The minimum absolute atomic E-state index is 0.157. The van der Waals surface area contributed by atoms with Gasteiger partial charge in [0.1, 0.15) is 0 Å². The quantitative estimate of drug-likeness (QED) is 0.933. The lowest BCUT2D eigenvalue weighted by molar-refractivity contribution is -0.143. The first-order chi connectivity index (χ1) is 11.1. The third-order valence-corrected chi connectivity index (χ3v) is 4.28. The van der Waals surface area contributed by atoms with E-state index in [9.17, 15) is 9.59 Å². The van der Waals surface area contributed by atoms with Crippen LogP contribution in [0.5, 0.6) is 0 Å². The van der Waals surface area contributed by atoms with Gasteiger partial charge in [0.15, 0.2) is 17.8 Å². The largest absolute Gasteiger partial charge is 0.481 e. The third-order valence-electron chi connectivity index (χ3n) is 3.95. The zero-order chi connectivity index (χ0) is 16.4. The number of benzene rings is 1. The number of carboxylic acids is 1. The van der Waals surface area contributed by atoms with Crippen LogP contribution in [0, 0.1) is 5.92 Å². The Balaban J connectivity index is 1.88. The number of rotatable bonds is 3. The number of hydrogen-bond acceptors (Lipinski definition) is 4. The number of carbonyl (C=O) groups is 2. The van der Waals surface area contributed by atoms with Gasteiger partial charge in [0.2, 0.25) is 0 Å². The van der Waals surface area contributed by atoms with Crippen molar-refractivity contribution < 1.29 is 19.1 Å². The van der Waals surface area contributed by atoms with Gasteiger partial charge in [-0.25, -0.2) is 4.98 Å². The van der Waals surface area contributed by atoms with E-state index >= 15 is 0 Å². The second-order valence-electron chi connectivity index (χ2n) is 5.44. The van der Waals surface area contributed by atoms with E-state index in [1.165, 1.54) is 11.3 Å². The number of aliphatic carboxylic acids is 1. The van der Waals surface area contributed by atoms with Crippen LogP contribution in [-0.2, 0) is 4.79 Å². The fourth-order valence-electron chi connectivity index (χ4n) is 2.75. The van der Waals surface area contributed by atoms with Crippen LogP contribution in [0.4, 0.5) is 0 Å². The Labute approximate surface area is 137 Å². The zero-order valence-electron chi connectivity index (χ0n) is 12.2. The number of piperidine rings is 1. The Bertz CT molecular complexity index is 743. The summed E-state index contributed by atoms with van der Waals surface area (Å²) in [6, 6.07) is 7.02. The molecule has 1 aromatic carbocycles. The fourth-order valence-corrected chi connectivity index (χ4v) is 2.97. The Morgan fingerprint density at radius 3 is 2.87 bits per heavy atom. The number of carboxylic acid groups (broad SMARTS) is 1. The van der Waals surface area contributed by atoms with Crippen molar-refractivity contribution in [2.45, 2.75) is 12.8 Å². The van der Waals surface area contributed by atoms with Gasteiger partial charge in [0.05, 0.1) is 10.9 Å². The van der Waals surface area contributed by atoms with Crippen molar-refractivity contribution in [3.63, 3.8) is 0 Å². The van der Waals surface area contributed by atoms with E-state index in [-0.39, 0.29) is 18.1 Å². The molecule has 120 valence electrons. The summed E-state index contributed by atoms with van der Waals surface area (Å²) in [6.07, 6.45) is 2.43. The Hall–Kier alpha value is -2.34. The Morgan fingerprint density at radius 1 is 1.35 bits per heavy atom. The lowest BCUT2D eigenvalue weighted by atomic mass is 9.98. The maximum Gasteiger partial charge on any atom is 0.308 e. The van der Waals surface area contributed by atoms with Crippen molar-refractivity contribution in [2.75, 3.05) is 13.1 Å². The standard InChI is InChI=1S/C16H15ClN2O4/c17-12-6-2-1-5-11(12)14-13(18-9-23-14)15(20)19-7-3-4-10(8-19)16(21)22/h1-2,5-6,9-10H,3-4,7-8H2,(H,21,22)/t10-/m1/s1. The van der Waals surface area contributed by atoms with Crippen LogP contribution in [0.15, 0.2) is 35.1 Å². The fraction of sp³-hybridized carbons (Fsp3) is 0.312. The van der Waals surface area contributed by atoms with Crippen LogP contribution in [0.1, 0.15) is 23.3 Å². The molecule has 1 aliphatic rings. The normalized spacial score (nSPS) is 18.0. The molecule has 0 radical (unpaired) electrons. The smallest absolute Gasteiger partial charge is 0.308 e. The van der Waals surface area contributed by atoms with E-state index in [1.807, 2.05) is 0 Å². The van der Waals surface area contributed by atoms with Gasteiger partial charge < -0.3 is 14.4 Å². The summed E-state index contributed by atoms with van der Waals surface area (Å²) in [5, 5.41) is 9.61. The van der Waals surface area contributed by atoms with Crippen LogP contribution in [-0.4, -0.2) is 40.0 Å². The monoisotopic (exact) mass is 334 g/mol. The zero-order valence-corrected chi connectivity index (χ0v) is 13.0. The SMILES string of the molecule is O=C(O)[C@@H]1CCCN(C(=O)c2ncoc2-c2ccccc2Cl)C1. The Kier molecular flexibility index (Phi) is 4.34. The molecule has 7 heteroatoms. The first kappa shape index (κ1) is 15.6. The number of nitrogens with zero attached hydrogens (tertiary/aromatic N) is 2. The van der Waals surface area contributed by atoms with Crippen LogP contribution in [0.25, 0.3) is 11.3 Å². The summed E-state index contributed by atoms with van der Waals surface area (Å²) >= 11 is 6.15. The van der Waals surface area contributed by atoms with Crippen LogP contribution in [0.2, 0.25) is 5.02 Å². The molecule has 0 aliphatic carbocycles. The summed E-state index contributed by atoms with van der Waals surface area (Å²) < 4.78 is 5.36. The van der Waals surface area contributed by atoms with Crippen LogP contribution < -0.4 is 0 Å². The van der Waals surface area contributed by atoms with E-state index < -0.39 is 11.9 Å². The van der Waals surface area contributed by atoms with Crippen molar-refractivity contribution in [1.29, 1.82) is 0 Å². The number of carbonyl (C=O) groups excluding carboxylic acids is 1. The summed E-state index contributed by atoms with van der Waals surface area (Å²) in [5.41, 5.74) is 0.742. The highest BCUT2D eigenvalue weighted by atomic mass is 35.5.